The molecule has 0 aromatic carbocycles. The number of thiophene rings is 1. The Morgan fingerprint density at radius 2 is 2.55 bits per heavy atom. The van der Waals surface area contributed by atoms with E-state index in [1.165, 1.54) is 11.3 Å². The summed E-state index contributed by atoms with van der Waals surface area (Å²) in [5.41, 5.74) is 0.771. The van der Waals surface area contributed by atoms with Gasteiger partial charge in [-0.25, -0.2) is 4.21 Å². The van der Waals surface area contributed by atoms with Gasteiger partial charge in [0.05, 0.1) is 0 Å². The van der Waals surface area contributed by atoms with E-state index >= 15 is 0 Å². The SMILES string of the molecule is O=S(O)NC(=S)c1ccsc1. The van der Waals surface area contributed by atoms with Gasteiger partial charge in [0, 0.05) is 10.9 Å². The molecule has 0 aliphatic carbocycles. The molecule has 1 heterocycles. The van der Waals surface area contributed by atoms with E-state index in [2.05, 4.69) is 4.72 Å². The first-order chi connectivity index (χ1) is 5.20. The van der Waals surface area contributed by atoms with E-state index in [9.17, 15) is 4.21 Å². The highest BCUT2D eigenvalue weighted by Crippen LogP contribution is 2.05. The zero-order chi connectivity index (χ0) is 8.27. The molecule has 0 fully saturated rings. The summed E-state index contributed by atoms with van der Waals surface area (Å²) in [6.07, 6.45) is 0. The molecule has 0 spiro atoms. The Labute approximate surface area is 75.9 Å². The molecule has 1 atom stereocenters. The molecule has 0 aliphatic rings. The van der Waals surface area contributed by atoms with E-state index < -0.39 is 11.3 Å². The Balaban J connectivity index is 2.64. The van der Waals surface area contributed by atoms with Crippen LogP contribution in [0.1, 0.15) is 5.56 Å². The molecule has 0 radical (unpaired) electrons. The zero-order valence-corrected chi connectivity index (χ0v) is 7.76. The van der Waals surface area contributed by atoms with Gasteiger partial charge in [0.15, 0.2) is 0 Å². The summed E-state index contributed by atoms with van der Waals surface area (Å²) < 4.78 is 20.8. The van der Waals surface area contributed by atoms with Crippen molar-refractivity contribution in [2.24, 2.45) is 0 Å². The number of thiocarbonyl (C=S) groups is 1. The van der Waals surface area contributed by atoms with Gasteiger partial charge in [-0.2, -0.15) is 11.3 Å². The summed E-state index contributed by atoms with van der Waals surface area (Å²) in [7, 11) is 0. The van der Waals surface area contributed by atoms with Crippen LogP contribution in [-0.2, 0) is 11.3 Å². The first kappa shape index (κ1) is 8.79. The molecule has 1 aromatic heterocycles. The van der Waals surface area contributed by atoms with Crippen LogP contribution in [0.3, 0.4) is 0 Å². The van der Waals surface area contributed by atoms with Crippen LogP contribution in [0.25, 0.3) is 0 Å². The van der Waals surface area contributed by atoms with Crippen LogP contribution < -0.4 is 4.72 Å². The quantitative estimate of drug-likeness (QED) is 0.565. The van der Waals surface area contributed by atoms with E-state index in [0.717, 1.165) is 5.56 Å². The van der Waals surface area contributed by atoms with Crippen molar-refractivity contribution in [3.05, 3.63) is 22.4 Å². The molecule has 1 unspecified atom stereocenters. The number of hydrogen-bond donors (Lipinski definition) is 2. The van der Waals surface area contributed by atoms with Crippen LogP contribution in [0, 0.1) is 0 Å². The summed E-state index contributed by atoms with van der Waals surface area (Å²) in [6.45, 7) is 0. The van der Waals surface area contributed by atoms with Crippen molar-refractivity contribution in [3.8, 4) is 0 Å². The predicted molar refractivity (Wildman–Crippen MR) is 49.9 cm³/mol. The minimum absolute atomic E-state index is 0.298. The topological polar surface area (TPSA) is 49.3 Å². The Kier molecular flexibility index (Phi) is 3.13. The fraction of sp³-hybridized carbons (Fsp3) is 0. The molecular weight excluding hydrogens is 202 g/mol. The third-order valence-corrected chi connectivity index (χ3v) is 2.49. The Hall–Kier alpha value is -0.300. The number of hydrogen-bond acceptors (Lipinski definition) is 3. The van der Waals surface area contributed by atoms with Gasteiger partial charge in [-0.1, -0.05) is 12.2 Å². The molecule has 6 heteroatoms. The molecule has 1 rings (SSSR count). The van der Waals surface area contributed by atoms with Gasteiger partial charge in [-0.3, -0.25) is 9.27 Å². The first-order valence-electron chi connectivity index (χ1n) is 2.64. The van der Waals surface area contributed by atoms with Gasteiger partial charge in [-0.05, 0) is 11.4 Å². The summed E-state index contributed by atoms with van der Waals surface area (Å²) in [6, 6.07) is 1.78. The second kappa shape index (κ2) is 3.91. The first-order valence-corrected chi connectivity index (χ1v) is 5.10. The number of rotatable bonds is 2. The second-order valence-corrected chi connectivity index (χ2v) is 3.58. The zero-order valence-electron chi connectivity index (χ0n) is 5.31. The number of nitrogens with one attached hydrogen (secondary N) is 1. The molecule has 0 saturated carbocycles. The lowest BCUT2D eigenvalue weighted by molar-refractivity contribution is 0.560. The summed E-state index contributed by atoms with van der Waals surface area (Å²) in [4.78, 5) is 0.298. The van der Waals surface area contributed by atoms with Gasteiger partial charge in [0.2, 0.25) is 0 Å². The Morgan fingerprint density at radius 3 is 3.00 bits per heavy atom. The van der Waals surface area contributed by atoms with E-state index in [-0.39, 0.29) is 0 Å². The van der Waals surface area contributed by atoms with Crippen LogP contribution in [0.4, 0.5) is 0 Å². The Bertz CT molecular complexity index is 269. The maximum atomic E-state index is 10.2. The van der Waals surface area contributed by atoms with Crippen molar-refractivity contribution < 1.29 is 8.76 Å². The third kappa shape index (κ3) is 2.66. The highest BCUT2D eigenvalue weighted by atomic mass is 32.2. The van der Waals surface area contributed by atoms with Crippen LogP contribution >= 0.6 is 23.6 Å². The fourth-order valence-electron chi connectivity index (χ4n) is 0.532. The molecule has 0 amide bonds. The van der Waals surface area contributed by atoms with Crippen molar-refractivity contribution in [2.75, 3.05) is 0 Å². The van der Waals surface area contributed by atoms with Crippen molar-refractivity contribution in [3.63, 3.8) is 0 Å². The normalized spacial score (nSPS) is 12.5. The van der Waals surface area contributed by atoms with Crippen molar-refractivity contribution in [1.82, 2.24) is 4.72 Å². The summed E-state index contributed by atoms with van der Waals surface area (Å²) in [5.74, 6) is 0. The van der Waals surface area contributed by atoms with Crippen molar-refractivity contribution in [1.29, 1.82) is 0 Å². The fourth-order valence-corrected chi connectivity index (χ4v) is 1.87. The molecule has 2 N–H and O–H groups in total. The largest absolute Gasteiger partial charge is 0.289 e. The molecule has 1 aromatic rings. The van der Waals surface area contributed by atoms with Crippen molar-refractivity contribution in [2.45, 2.75) is 0 Å². The molecule has 3 nitrogen and oxygen atoms in total. The second-order valence-electron chi connectivity index (χ2n) is 1.69. The van der Waals surface area contributed by atoms with E-state index in [1.54, 1.807) is 6.07 Å². The lowest BCUT2D eigenvalue weighted by Crippen LogP contribution is -2.23. The van der Waals surface area contributed by atoms with Crippen LogP contribution in [0.2, 0.25) is 0 Å². The molecule has 60 valence electrons. The molecule has 0 bridgehead atoms. The minimum atomic E-state index is -2.07. The molecule has 11 heavy (non-hydrogen) atoms. The lowest BCUT2D eigenvalue weighted by Gasteiger charge is -1.98. The molecular formula is C5H5NO2S3. The summed E-state index contributed by atoms with van der Waals surface area (Å²) >= 11 is 4.21. The Morgan fingerprint density at radius 1 is 1.82 bits per heavy atom. The van der Waals surface area contributed by atoms with Gasteiger partial charge < -0.3 is 0 Å². The minimum Gasteiger partial charge on any atom is -0.289 e. The van der Waals surface area contributed by atoms with Crippen molar-refractivity contribution >= 4 is 39.8 Å². The van der Waals surface area contributed by atoms with Crippen LogP contribution in [0.15, 0.2) is 16.8 Å². The predicted octanol–water partition coefficient (Wildman–Crippen LogP) is 1.15. The highest BCUT2D eigenvalue weighted by Gasteiger charge is 2.01. The van der Waals surface area contributed by atoms with E-state index in [1.807, 2.05) is 10.8 Å². The van der Waals surface area contributed by atoms with Crippen LogP contribution in [-0.4, -0.2) is 13.8 Å². The average Bonchev–Trinajstić information content (AvgIpc) is 2.35. The van der Waals surface area contributed by atoms with Gasteiger partial charge >= 0.3 is 0 Å². The standard InChI is InChI=1S/C5H5NO2S3/c7-11(8)6-5(9)4-1-2-10-3-4/h1-3H,(H,6,9)(H,7,8). The van der Waals surface area contributed by atoms with Gasteiger partial charge in [0.1, 0.15) is 4.99 Å². The summed E-state index contributed by atoms with van der Waals surface area (Å²) in [5, 5.41) is 3.66. The maximum Gasteiger partial charge on any atom is 0.259 e. The molecule has 0 aliphatic heterocycles. The van der Waals surface area contributed by atoms with Gasteiger partial charge in [-0.15, -0.1) is 0 Å². The van der Waals surface area contributed by atoms with E-state index in [4.69, 9.17) is 16.8 Å². The third-order valence-electron chi connectivity index (χ3n) is 0.963. The van der Waals surface area contributed by atoms with Crippen LogP contribution in [0.5, 0.6) is 0 Å². The van der Waals surface area contributed by atoms with Gasteiger partial charge in [0.25, 0.3) is 11.3 Å². The average molecular weight is 207 g/mol. The maximum absolute atomic E-state index is 10.2. The van der Waals surface area contributed by atoms with E-state index in [0.29, 0.717) is 4.99 Å². The molecule has 0 saturated heterocycles. The lowest BCUT2D eigenvalue weighted by atomic mass is 10.3. The smallest absolute Gasteiger partial charge is 0.259 e. The highest BCUT2D eigenvalue weighted by molar-refractivity contribution is 7.84. The monoisotopic (exact) mass is 207 g/mol.